The van der Waals surface area contributed by atoms with Gasteiger partial charge in [-0.3, -0.25) is 4.79 Å². The van der Waals surface area contributed by atoms with E-state index in [-0.39, 0.29) is 22.7 Å². The van der Waals surface area contributed by atoms with E-state index in [1.807, 2.05) is 13.8 Å². The van der Waals surface area contributed by atoms with Gasteiger partial charge in [-0.05, 0) is 23.1 Å². The minimum absolute atomic E-state index is 0.0277. The number of hydrogen-bond donors (Lipinski definition) is 1. The first-order valence-corrected chi connectivity index (χ1v) is 8.01. The van der Waals surface area contributed by atoms with E-state index in [0.29, 0.717) is 29.7 Å². The summed E-state index contributed by atoms with van der Waals surface area (Å²) in [6.45, 7) is 3.93. The molecule has 1 atom stereocenters. The average molecular weight is 345 g/mol. The van der Waals surface area contributed by atoms with E-state index in [4.69, 9.17) is 15.2 Å². The Bertz CT molecular complexity index is 822. The van der Waals surface area contributed by atoms with Gasteiger partial charge < -0.3 is 15.2 Å². The molecule has 2 aliphatic rings. The molecule has 1 aromatic carbocycles. The molecule has 5 nitrogen and oxygen atoms in total. The normalized spacial score (nSPS) is 22.4. The van der Waals surface area contributed by atoms with Crippen molar-refractivity contribution in [3.63, 3.8) is 0 Å². The number of methoxy groups -OCH3 is 1. The third-order valence-corrected chi connectivity index (χ3v) is 4.54. The lowest BCUT2D eigenvalue weighted by molar-refractivity contribution is -0.136. The van der Waals surface area contributed by atoms with Crippen molar-refractivity contribution in [2.45, 2.75) is 32.6 Å². The third-order valence-electron chi connectivity index (χ3n) is 4.54. The first kappa shape index (κ1) is 17.2. The van der Waals surface area contributed by atoms with Crippen LogP contribution in [0.5, 0.6) is 0 Å². The number of nitrogens with two attached hydrogens (primary N) is 1. The van der Waals surface area contributed by atoms with E-state index < -0.39 is 17.7 Å². The average Bonchev–Trinajstić information content (AvgIpc) is 2.51. The van der Waals surface area contributed by atoms with Crippen LogP contribution in [0.4, 0.5) is 4.39 Å². The highest BCUT2D eigenvalue weighted by Gasteiger charge is 2.44. The van der Waals surface area contributed by atoms with Gasteiger partial charge in [0.1, 0.15) is 17.1 Å². The van der Waals surface area contributed by atoms with Crippen LogP contribution in [0, 0.1) is 11.2 Å². The lowest BCUT2D eigenvalue weighted by atomic mass is 9.70. The van der Waals surface area contributed by atoms with Crippen molar-refractivity contribution < 1.29 is 23.5 Å². The lowest BCUT2D eigenvalue weighted by Gasteiger charge is -2.37. The molecule has 2 N–H and O–H groups in total. The molecule has 132 valence electrons. The van der Waals surface area contributed by atoms with E-state index in [0.717, 1.165) is 0 Å². The van der Waals surface area contributed by atoms with Crippen LogP contribution < -0.4 is 5.73 Å². The van der Waals surface area contributed by atoms with E-state index >= 15 is 0 Å². The number of ether oxygens (including phenoxy) is 2. The number of ketones is 1. The van der Waals surface area contributed by atoms with Crippen LogP contribution in [-0.4, -0.2) is 18.9 Å². The molecule has 0 fully saturated rings. The molecule has 0 amide bonds. The van der Waals surface area contributed by atoms with Crippen LogP contribution in [0.3, 0.4) is 0 Å². The van der Waals surface area contributed by atoms with Crippen molar-refractivity contribution in [1.29, 1.82) is 0 Å². The molecule has 25 heavy (non-hydrogen) atoms. The number of halogens is 1. The van der Waals surface area contributed by atoms with Crippen molar-refractivity contribution in [3.8, 4) is 0 Å². The fourth-order valence-electron chi connectivity index (χ4n) is 3.51. The molecule has 0 aromatic heterocycles. The maximum atomic E-state index is 13.8. The monoisotopic (exact) mass is 345 g/mol. The second-order valence-electron chi connectivity index (χ2n) is 7.14. The predicted molar refractivity (Wildman–Crippen MR) is 88.5 cm³/mol. The molecule has 1 aliphatic carbocycles. The molecule has 1 aromatic rings. The maximum Gasteiger partial charge on any atom is 0.340 e. The van der Waals surface area contributed by atoms with Gasteiger partial charge in [-0.1, -0.05) is 26.0 Å². The summed E-state index contributed by atoms with van der Waals surface area (Å²) >= 11 is 0. The first-order valence-electron chi connectivity index (χ1n) is 8.01. The maximum absolute atomic E-state index is 13.8. The predicted octanol–water partition coefficient (Wildman–Crippen LogP) is 2.93. The second-order valence-corrected chi connectivity index (χ2v) is 7.14. The quantitative estimate of drug-likeness (QED) is 0.834. The molecule has 3 rings (SSSR count). The van der Waals surface area contributed by atoms with Crippen LogP contribution in [0.2, 0.25) is 0 Å². The Balaban J connectivity index is 2.21. The fourth-order valence-corrected chi connectivity index (χ4v) is 3.51. The number of benzene rings is 1. The lowest BCUT2D eigenvalue weighted by Crippen LogP contribution is -2.35. The second kappa shape index (κ2) is 6.02. The van der Waals surface area contributed by atoms with E-state index in [2.05, 4.69) is 0 Å². The van der Waals surface area contributed by atoms with Gasteiger partial charge in [0.2, 0.25) is 5.88 Å². The molecule has 1 aliphatic heterocycles. The Labute approximate surface area is 145 Å². The molecule has 1 heterocycles. The van der Waals surface area contributed by atoms with Gasteiger partial charge in [-0.2, -0.15) is 0 Å². The summed E-state index contributed by atoms with van der Waals surface area (Å²) in [6, 6.07) is 5.79. The van der Waals surface area contributed by atoms with Crippen molar-refractivity contribution in [2.24, 2.45) is 11.1 Å². The SMILES string of the molecule is COC(=O)C1=C(N)OC2=C(C(=O)CC(C)(C)C2)[C@@H]1c1cccc(F)c1. The summed E-state index contributed by atoms with van der Waals surface area (Å²) < 4.78 is 24.2. The van der Waals surface area contributed by atoms with Crippen molar-refractivity contribution in [3.05, 3.63) is 58.4 Å². The molecule has 0 radical (unpaired) electrons. The zero-order chi connectivity index (χ0) is 18.4. The Morgan fingerprint density at radius 2 is 2.08 bits per heavy atom. The van der Waals surface area contributed by atoms with E-state index in [1.54, 1.807) is 6.07 Å². The molecular weight excluding hydrogens is 325 g/mol. The molecule has 0 saturated carbocycles. The Morgan fingerprint density at radius 1 is 1.36 bits per heavy atom. The number of rotatable bonds is 2. The number of hydrogen-bond acceptors (Lipinski definition) is 5. The van der Waals surface area contributed by atoms with E-state index in [1.165, 1.54) is 25.3 Å². The van der Waals surface area contributed by atoms with Crippen LogP contribution in [0.1, 0.15) is 38.2 Å². The summed E-state index contributed by atoms with van der Waals surface area (Å²) in [5.74, 6) is -1.75. The highest BCUT2D eigenvalue weighted by molar-refractivity contribution is 6.03. The zero-order valence-electron chi connectivity index (χ0n) is 14.4. The minimum Gasteiger partial charge on any atom is -0.465 e. The highest BCUT2D eigenvalue weighted by atomic mass is 19.1. The molecule has 0 spiro atoms. The van der Waals surface area contributed by atoms with Gasteiger partial charge in [0, 0.05) is 18.4 Å². The molecule has 0 unspecified atom stereocenters. The summed E-state index contributed by atoms with van der Waals surface area (Å²) in [5, 5.41) is 0. The Hall–Kier alpha value is -2.63. The Kier molecular flexibility index (Phi) is 4.14. The summed E-state index contributed by atoms with van der Waals surface area (Å²) in [6.07, 6.45) is 0.824. The first-order chi connectivity index (χ1) is 11.7. The number of carbonyl (C=O) groups excluding carboxylic acids is 2. The third kappa shape index (κ3) is 3.04. The van der Waals surface area contributed by atoms with Gasteiger partial charge in [-0.25, -0.2) is 9.18 Å². The van der Waals surface area contributed by atoms with Gasteiger partial charge >= 0.3 is 5.97 Å². The topological polar surface area (TPSA) is 78.6 Å². The van der Waals surface area contributed by atoms with Gasteiger partial charge in [-0.15, -0.1) is 0 Å². The van der Waals surface area contributed by atoms with Gasteiger partial charge in [0.25, 0.3) is 0 Å². The van der Waals surface area contributed by atoms with Gasteiger partial charge in [0.05, 0.1) is 13.0 Å². The van der Waals surface area contributed by atoms with Crippen LogP contribution in [0.15, 0.2) is 47.1 Å². The fraction of sp³-hybridized carbons (Fsp3) is 0.368. The van der Waals surface area contributed by atoms with Crippen LogP contribution in [0.25, 0.3) is 0 Å². The Morgan fingerprint density at radius 3 is 2.72 bits per heavy atom. The van der Waals surface area contributed by atoms with Crippen LogP contribution in [-0.2, 0) is 19.1 Å². The largest absolute Gasteiger partial charge is 0.465 e. The molecule has 6 heteroatoms. The van der Waals surface area contributed by atoms with Crippen molar-refractivity contribution in [2.75, 3.05) is 7.11 Å². The summed E-state index contributed by atoms with van der Waals surface area (Å²) in [7, 11) is 1.22. The van der Waals surface area contributed by atoms with Gasteiger partial charge in [0.15, 0.2) is 5.78 Å². The number of esters is 1. The summed E-state index contributed by atoms with van der Waals surface area (Å²) in [5.41, 5.74) is 6.56. The zero-order valence-corrected chi connectivity index (χ0v) is 14.4. The molecular formula is C19H20FNO4. The molecule has 0 bridgehead atoms. The molecule has 0 saturated heterocycles. The standard InChI is InChI=1S/C19H20FNO4/c1-19(2)8-12(22)15-13(9-19)25-17(21)16(18(23)24-3)14(15)10-5-4-6-11(20)7-10/h4-7,14H,8-9,21H2,1-3H3/t14-/m0/s1. The van der Waals surface area contributed by atoms with E-state index in [9.17, 15) is 14.0 Å². The van der Waals surface area contributed by atoms with Crippen molar-refractivity contribution in [1.82, 2.24) is 0 Å². The smallest absolute Gasteiger partial charge is 0.340 e. The number of allylic oxidation sites excluding steroid dienone is 2. The highest BCUT2D eigenvalue weighted by Crippen LogP contribution is 2.48. The minimum atomic E-state index is -0.796. The number of carbonyl (C=O) groups is 2. The summed E-state index contributed by atoms with van der Waals surface area (Å²) in [4.78, 5) is 25.1. The number of Topliss-reactive ketones (excluding diaryl/α,β-unsaturated/α-hetero) is 1. The van der Waals surface area contributed by atoms with Crippen molar-refractivity contribution >= 4 is 11.8 Å². The van der Waals surface area contributed by atoms with Crippen LogP contribution >= 0.6 is 0 Å².